The lowest BCUT2D eigenvalue weighted by atomic mass is 10.2. The third-order valence-electron chi connectivity index (χ3n) is 4.14. The molecule has 4 rings (SSSR count). The van der Waals surface area contributed by atoms with Gasteiger partial charge in [-0.25, -0.2) is 9.97 Å². The van der Waals surface area contributed by atoms with Crippen LogP contribution in [0.15, 0.2) is 64.9 Å². The Morgan fingerprint density at radius 1 is 1.15 bits per heavy atom. The highest BCUT2D eigenvalue weighted by atomic mass is 32.1. The summed E-state index contributed by atoms with van der Waals surface area (Å²) in [4.78, 5) is 21.2. The molecule has 0 saturated heterocycles. The number of carbonyl (C=O) groups excluding carboxylic acids is 1. The summed E-state index contributed by atoms with van der Waals surface area (Å²) in [7, 11) is 0. The first-order chi connectivity index (χ1) is 13.3. The quantitative estimate of drug-likeness (QED) is 0.514. The molecule has 27 heavy (non-hydrogen) atoms. The summed E-state index contributed by atoms with van der Waals surface area (Å²) in [5.41, 5.74) is 2.75. The van der Waals surface area contributed by atoms with Gasteiger partial charge < -0.3 is 9.88 Å². The standard InChI is InChI=1S/C20H18N4OS2/c25-19(17-14-27-20(23-17)16-7-11-26-13-16)22-8-6-18-21-9-10-24(18)12-15-4-2-1-3-5-15/h1-5,7,9-11,13-14H,6,8,12H2,(H,22,25). The number of carbonyl (C=O) groups is 1. The van der Waals surface area contributed by atoms with E-state index < -0.39 is 0 Å². The molecule has 0 radical (unpaired) electrons. The second kappa shape index (κ2) is 8.28. The summed E-state index contributed by atoms with van der Waals surface area (Å²) in [5, 5.41) is 9.66. The van der Waals surface area contributed by atoms with Crippen molar-refractivity contribution in [3.8, 4) is 10.6 Å². The SMILES string of the molecule is O=C(NCCc1nccn1Cc1ccccc1)c1csc(-c2ccsc2)n1. The Labute approximate surface area is 165 Å². The van der Waals surface area contributed by atoms with E-state index in [1.807, 2.05) is 41.2 Å². The van der Waals surface area contributed by atoms with Crippen LogP contribution in [0.1, 0.15) is 21.9 Å². The highest BCUT2D eigenvalue weighted by Gasteiger charge is 2.12. The first kappa shape index (κ1) is 17.6. The van der Waals surface area contributed by atoms with Crippen LogP contribution >= 0.6 is 22.7 Å². The zero-order valence-corrected chi connectivity index (χ0v) is 16.2. The third-order valence-corrected chi connectivity index (χ3v) is 5.71. The van der Waals surface area contributed by atoms with E-state index in [0.29, 0.717) is 18.7 Å². The van der Waals surface area contributed by atoms with Crippen molar-refractivity contribution < 1.29 is 4.79 Å². The van der Waals surface area contributed by atoms with Gasteiger partial charge in [-0.1, -0.05) is 30.3 Å². The van der Waals surface area contributed by atoms with Crippen molar-refractivity contribution in [2.75, 3.05) is 6.54 Å². The van der Waals surface area contributed by atoms with Crippen LogP contribution in [0.4, 0.5) is 0 Å². The van der Waals surface area contributed by atoms with Crippen molar-refractivity contribution in [1.29, 1.82) is 0 Å². The average Bonchev–Trinajstić information content (AvgIpc) is 3.44. The lowest BCUT2D eigenvalue weighted by Gasteiger charge is -2.08. The molecule has 1 amide bonds. The van der Waals surface area contributed by atoms with Crippen LogP contribution in [-0.4, -0.2) is 27.0 Å². The topological polar surface area (TPSA) is 59.8 Å². The predicted molar refractivity (Wildman–Crippen MR) is 109 cm³/mol. The second-order valence-electron chi connectivity index (χ2n) is 6.01. The van der Waals surface area contributed by atoms with Crippen LogP contribution in [0.25, 0.3) is 10.6 Å². The summed E-state index contributed by atoms with van der Waals surface area (Å²) < 4.78 is 2.11. The summed E-state index contributed by atoms with van der Waals surface area (Å²) >= 11 is 3.11. The van der Waals surface area contributed by atoms with Gasteiger partial charge in [0.2, 0.25) is 0 Å². The van der Waals surface area contributed by atoms with Crippen LogP contribution in [0.5, 0.6) is 0 Å². The van der Waals surface area contributed by atoms with Crippen LogP contribution in [-0.2, 0) is 13.0 Å². The Morgan fingerprint density at radius 2 is 2.04 bits per heavy atom. The minimum absolute atomic E-state index is 0.145. The Morgan fingerprint density at radius 3 is 2.85 bits per heavy atom. The van der Waals surface area contributed by atoms with Gasteiger partial charge in [0.1, 0.15) is 16.5 Å². The number of hydrogen-bond acceptors (Lipinski definition) is 5. The van der Waals surface area contributed by atoms with E-state index in [-0.39, 0.29) is 5.91 Å². The smallest absolute Gasteiger partial charge is 0.270 e. The number of imidazole rings is 1. The van der Waals surface area contributed by atoms with Crippen molar-refractivity contribution >= 4 is 28.6 Å². The molecule has 4 aromatic rings. The summed E-state index contributed by atoms with van der Waals surface area (Å²) in [6.45, 7) is 1.30. The molecule has 0 atom stereocenters. The fourth-order valence-electron chi connectivity index (χ4n) is 2.77. The Bertz CT molecular complexity index is 1010. The van der Waals surface area contributed by atoms with Crippen LogP contribution in [0, 0.1) is 0 Å². The normalized spacial score (nSPS) is 10.8. The molecule has 1 N–H and O–H groups in total. The molecule has 1 aromatic carbocycles. The van der Waals surface area contributed by atoms with E-state index in [1.165, 1.54) is 16.9 Å². The van der Waals surface area contributed by atoms with Gasteiger partial charge in [-0.3, -0.25) is 4.79 Å². The van der Waals surface area contributed by atoms with Crippen molar-refractivity contribution in [1.82, 2.24) is 19.9 Å². The number of nitrogens with zero attached hydrogens (tertiary/aromatic N) is 3. The van der Waals surface area contributed by atoms with Gasteiger partial charge in [-0.05, 0) is 17.0 Å². The first-order valence-corrected chi connectivity index (χ1v) is 10.4. The molecule has 0 bridgehead atoms. The number of benzene rings is 1. The molecule has 136 valence electrons. The van der Waals surface area contributed by atoms with Crippen LogP contribution < -0.4 is 5.32 Å². The second-order valence-corrected chi connectivity index (χ2v) is 7.65. The van der Waals surface area contributed by atoms with E-state index in [2.05, 4.69) is 32.0 Å². The maximum absolute atomic E-state index is 12.3. The van der Waals surface area contributed by atoms with E-state index in [4.69, 9.17) is 0 Å². The molecule has 7 heteroatoms. The van der Waals surface area contributed by atoms with Crippen molar-refractivity contribution in [2.45, 2.75) is 13.0 Å². The number of aromatic nitrogens is 3. The molecule has 0 aliphatic carbocycles. The zero-order chi connectivity index (χ0) is 18.5. The van der Waals surface area contributed by atoms with Gasteiger partial charge in [-0.15, -0.1) is 11.3 Å². The largest absolute Gasteiger partial charge is 0.350 e. The molecule has 0 fully saturated rings. The van der Waals surface area contributed by atoms with Gasteiger partial charge >= 0.3 is 0 Å². The molecular weight excluding hydrogens is 376 g/mol. The molecule has 3 aromatic heterocycles. The number of rotatable bonds is 7. The number of amides is 1. The minimum atomic E-state index is -0.145. The van der Waals surface area contributed by atoms with Gasteiger partial charge in [0, 0.05) is 48.2 Å². The Balaban J connectivity index is 1.33. The molecule has 3 heterocycles. The molecule has 0 aliphatic heterocycles. The minimum Gasteiger partial charge on any atom is -0.350 e. The maximum Gasteiger partial charge on any atom is 0.270 e. The first-order valence-electron chi connectivity index (χ1n) is 8.60. The van der Waals surface area contributed by atoms with Crippen molar-refractivity contribution in [2.24, 2.45) is 0 Å². The number of hydrogen-bond donors (Lipinski definition) is 1. The summed E-state index contributed by atoms with van der Waals surface area (Å²) in [6, 6.07) is 12.3. The molecular formula is C20H18N4OS2. The average molecular weight is 395 g/mol. The summed E-state index contributed by atoms with van der Waals surface area (Å²) in [6.07, 6.45) is 4.44. The fourth-order valence-corrected chi connectivity index (χ4v) is 4.28. The highest BCUT2D eigenvalue weighted by Crippen LogP contribution is 2.25. The predicted octanol–water partition coefficient (Wildman–Crippen LogP) is 4.09. The maximum atomic E-state index is 12.3. The third kappa shape index (κ3) is 4.32. The van der Waals surface area contributed by atoms with Crippen molar-refractivity contribution in [3.63, 3.8) is 0 Å². The summed E-state index contributed by atoms with van der Waals surface area (Å²) in [5.74, 6) is 0.810. The van der Waals surface area contributed by atoms with E-state index >= 15 is 0 Å². The zero-order valence-electron chi connectivity index (χ0n) is 14.5. The van der Waals surface area contributed by atoms with E-state index in [0.717, 1.165) is 22.9 Å². The molecule has 0 spiro atoms. The van der Waals surface area contributed by atoms with Gasteiger partial charge in [0.15, 0.2) is 0 Å². The van der Waals surface area contributed by atoms with E-state index in [1.54, 1.807) is 22.9 Å². The van der Waals surface area contributed by atoms with Crippen LogP contribution in [0.2, 0.25) is 0 Å². The highest BCUT2D eigenvalue weighted by molar-refractivity contribution is 7.14. The lowest BCUT2D eigenvalue weighted by molar-refractivity contribution is 0.0949. The Kier molecular flexibility index (Phi) is 5.41. The molecule has 5 nitrogen and oxygen atoms in total. The van der Waals surface area contributed by atoms with Crippen LogP contribution in [0.3, 0.4) is 0 Å². The van der Waals surface area contributed by atoms with Gasteiger partial charge in [0.05, 0.1) is 0 Å². The van der Waals surface area contributed by atoms with Gasteiger partial charge in [0.25, 0.3) is 5.91 Å². The molecule has 0 saturated carbocycles. The van der Waals surface area contributed by atoms with Crippen molar-refractivity contribution in [3.05, 3.63) is 82.0 Å². The van der Waals surface area contributed by atoms with E-state index in [9.17, 15) is 4.79 Å². The number of thiophene rings is 1. The van der Waals surface area contributed by atoms with Gasteiger partial charge in [-0.2, -0.15) is 11.3 Å². The Hall–Kier alpha value is -2.77. The number of nitrogens with one attached hydrogen (secondary N) is 1. The monoisotopic (exact) mass is 394 g/mol. The fraction of sp³-hybridized carbons (Fsp3) is 0.150. The molecule has 0 aliphatic rings. The lowest BCUT2D eigenvalue weighted by Crippen LogP contribution is -2.26. The number of thiazole rings is 1. The molecule has 0 unspecified atom stereocenters.